The fourth-order valence-electron chi connectivity index (χ4n) is 3.08. The number of ether oxygens (including phenoxy) is 2. The summed E-state index contributed by atoms with van der Waals surface area (Å²) >= 11 is 6.13. The molecule has 0 atom stereocenters. The maximum atomic E-state index is 12.2. The number of hydrogen-bond donors (Lipinski definition) is 1. The van der Waals surface area contributed by atoms with Gasteiger partial charge >= 0.3 is 11.6 Å². The number of amides is 1. The first-order valence-electron chi connectivity index (χ1n) is 10.2. The van der Waals surface area contributed by atoms with E-state index in [1.807, 2.05) is 20.8 Å². The fraction of sp³-hybridized carbons (Fsp3) is 0.292. The van der Waals surface area contributed by atoms with E-state index in [1.54, 1.807) is 24.3 Å². The van der Waals surface area contributed by atoms with Crippen molar-refractivity contribution in [3.63, 3.8) is 0 Å². The number of unbranched alkanes of at least 4 members (excludes halogenated alkanes) is 1. The molecule has 8 heteroatoms. The molecule has 0 bridgehead atoms. The Balaban J connectivity index is 1.67. The van der Waals surface area contributed by atoms with Gasteiger partial charge in [0.1, 0.15) is 22.6 Å². The van der Waals surface area contributed by atoms with Crippen molar-refractivity contribution in [3.05, 3.63) is 68.5 Å². The van der Waals surface area contributed by atoms with Crippen molar-refractivity contribution in [1.82, 2.24) is 5.32 Å². The molecule has 1 aromatic heterocycles. The van der Waals surface area contributed by atoms with Gasteiger partial charge in [-0.05, 0) is 61.7 Å². The Morgan fingerprint density at radius 3 is 2.47 bits per heavy atom. The number of benzene rings is 2. The minimum Gasteiger partial charge on any atom is -0.482 e. The predicted molar refractivity (Wildman–Crippen MR) is 122 cm³/mol. The highest BCUT2D eigenvalue weighted by atomic mass is 35.5. The summed E-state index contributed by atoms with van der Waals surface area (Å²) < 4.78 is 16.0. The lowest BCUT2D eigenvalue weighted by Crippen LogP contribution is -2.28. The molecule has 1 N–H and O–H groups in total. The van der Waals surface area contributed by atoms with Crippen LogP contribution in [-0.4, -0.2) is 25.0 Å². The van der Waals surface area contributed by atoms with Crippen molar-refractivity contribution < 1.29 is 23.5 Å². The third kappa shape index (κ3) is 5.68. The van der Waals surface area contributed by atoms with Gasteiger partial charge in [-0.25, -0.2) is 9.59 Å². The predicted octanol–water partition coefficient (Wildman–Crippen LogP) is 4.58. The molecule has 7 nitrogen and oxygen atoms in total. The second kappa shape index (κ2) is 10.3. The van der Waals surface area contributed by atoms with E-state index in [-0.39, 0.29) is 23.5 Å². The van der Waals surface area contributed by atoms with Crippen LogP contribution in [-0.2, 0) is 4.79 Å². The minimum absolute atomic E-state index is 0.0692. The van der Waals surface area contributed by atoms with Gasteiger partial charge in [-0.1, -0.05) is 24.9 Å². The molecule has 0 unspecified atom stereocenters. The molecule has 168 valence electrons. The van der Waals surface area contributed by atoms with E-state index >= 15 is 0 Å². The fourth-order valence-corrected chi connectivity index (χ4v) is 3.19. The summed E-state index contributed by atoms with van der Waals surface area (Å²) in [6.45, 7) is 5.89. The summed E-state index contributed by atoms with van der Waals surface area (Å²) in [5, 5.41) is 3.88. The normalized spacial score (nSPS) is 10.8. The topological polar surface area (TPSA) is 94.8 Å². The van der Waals surface area contributed by atoms with Crippen LogP contribution in [0.4, 0.5) is 0 Å². The highest BCUT2D eigenvalue weighted by Crippen LogP contribution is 2.26. The van der Waals surface area contributed by atoms with Gasteiger partial charge in [0, 0.05) is 23.0 Å². The SMILES string of the molecule is CCCCNC(=O)c1cc2ccc(OC(=O)COc3cc(C)c(Cl)c(C)c3)cc2oc1=O. The molecule has 2 aromatic carbocycles. The first-order chi connectivity index (χ1) is 15.3. The standard InChI is InChI=1S/C24H24ClNO6/c1-4-5-8-26-23(28)19-11-16-6-7-17(12-20(16)32-24(19)29)31-21(27)13-30-18-9-14(2)22(25)15(3)10-18/h6-7,9-12H,4-5,8,13H2,1-3H3,(H,26,28). The van der Waals surface area contributed by atoms with Gasteiger partial charge in [0.2, 0.25) is 0 Å². The van der Waals surface area contributed by atoms with Crippen molar-refractivity contribution in [1.29, 1.82) is 0 Å². The van der Waals surface area contributed by atoms with Crippen LogP contribution in [0, 0.1) is 13.8 Å². The van der Waals surface area contributed by atoms with E-state index in [4.69, 9.17) is 25.5 Å². The quantitative estimate of drug-likeness (QED) is 0.230. The number of hydrogen-bond acceptors (Lipinski definition) is 6. The third-order valence-electron chi connectivity index (χ3n) is 4.77. The Labute approximate surface area is 190 Å². The van der Waals surface area contributed by atoms with E-state index in [0.29, 0.717) is 22.7 Å². The highest BCUT2D eigenvalue weighted by Gasteiger charge is 2.15. The van der Waals surface area contributed by atoms with Gasteiger partial charge in [-0.15, -0.1) is 0 Å². The Morgan fingerprint density at radius 2 is 1.78 bits per heavy atom. The molecule has 0 saturated heterocycles. The number of fused-ring (bicyclic) bond motifs is 1. The Morgan fingerprint density at radius 1 is 1.06 bits per heavy atom. The summed E-state index contributed by atoms with van der Waals surface area (Å²) in [5.74, 6) is -0.397. The molecule has 0 fully saturated rings. The second-order valence-electron chi connectivity index (χ2n) is 7.39. The van der Waals surface area contributed by atoms with E-state index < -0.39 is 17.5 Å². The Hall–Kier alpha value is -3.32. The molecule has 0 aliphatic carbocycles. The average Bonchev–Trinajstić information content (AvgIpc) is 2.75. The zero-order valence-corrected chi connectivity index (χ0v) is 18.9. The molecule has 1 heterocycles. The van der Waals surface area contributed by atoms with Gasteiger partial charge in [0.05, 0.1) is 0 Å². The van der Waals surface area contributed by atoms with Crippen LogP contribution in [0.25, 0.3) is 11.0 Å². The third-order valence-corrected chi connectivity index (χ3v) is 5.36. The average molecular weight is 458 g/mol. The monoisotopic (exact) mass is 457 g/mol. The summed E-state index contributed by atoms with van der Waals surface area (Å²) in [7, 11) is 0. The number of rotatable bonds is 8. The molecule has 0 aliphatic heterocycles. The smallest absolute Gasteiger partial charge is 0.349 e. The Kier molecular flexibility index (Phi) is 7.53. The molecule has 0 aliphatic rings. The van der Waals surface area contributed by atoms with Crippen LogP contribution >= 0.6 is 11.6 Å². The van der Waals surface area contributed by atoms with E-state index in [1.165, 1.54) is 12.1 Å². The lowest BCUT2D eigenvalue weighted by Gasteiger charge is -2.10. The summed E-state index contributed by atoms with van der Waals surface area (Å²) in [6, 6.07) is 9.52. The number of aryl methyl sites for hydroxylation is 2. The van der Waals surface area contributed by atoms with Crippen molar-refractivity contribution in [2.75, 3.05) is 13.2 Å². The molecule has 32 heavy (non-hydrogen) atoms. The minimum atomic E-state index is -0.758. The zero-order valence-electron chi connectivity index (χ0n) is 18.1. The molecular formula is C24H24ClNO6. The summed E-state index contributed by atoms with van der Waals surface area (Å²) in [6.07, 6.45) is 1.75. The molecule has 3 aromatic rings. The van der Waals surface area contributed by atoms with Crippen molar-refractivity contribution in [3.8, 4) is 11.5 Å². The first-order valence-corrected chi connectivity index (χ1v) is 10.6. The van der Waals surface area contributed by atoms with Crippen molar-refractivity contribution in [2.45, 2.75) is 33.6 Å². The zero-order chi connectivity index (χ0) is 23.3. The highest BCUT2D eigenvalue weighted by molar-refractivity contribution is 6.32. The molecule has 0 radical (unpaired) electrons. The number of nitrogens with one attached hydrogen (secondary N) is 1. The van der Waals surface area contributed by atoms with Gasteiger partial charge in [-0.3, -0.25) is 4.79 Å². The lowest BCUT2D eigenvalue weighted by atomic mass is 10.1. The van der Waals surface area contributed by atoms with Crippen LogP contribution in [0.2, 0.25) is 5.02 Å². The summed E-state index contributed by atoms with van der Waals surface area (Å²) in [5.41, 5.74) is 1.07. The molecule has 1 amide bonds. The molecule has 0 spiro atoms. The van der Waals surface area contributed by atoms with Crippen LogP contribution in [0.15, 0.2) is 45.6 Å². The second-order valence-corrected chi connectivity index (χ2v) is 7.77. The lowest BCUT2D eigenvalue weighted by molar-refractivity contribution is -0.136. The first kappa shape index (κ1) is 23.3. The van der Waals surface area contributed by atoms with Crippen LogP contribution in [0.5, 0.6) is 11.5 Å². The van der Waals surface area contributed by atoms with E-state index in [2.05, 4.69) is 5.32 Å². The number of halogens is 1. The number of carbonyl (C=O) groups is 2. The van der Waals surface area contributed by atoms with Crippen molar-refractivity contribution >= 4 is 34.4 Å². The van der Waals surface area contributed by atoms with Gasteiger partial charge in [0.25, 0.3) is 5.91 Å². The van der Waals surface area contributed by atoms with Gasteiger partial charge < -0.3 is 19.2 Å². The van der Waals surface area contributed by atoms with E-state index in [0.717, 1.165) is 24.0 Å². The summed E-state index contributed by atoms with van der Waals surface area (Å²) in [4.78, 5) is 36.6. The maximum absolute atomic E-state index is 12.2. The van der Waals surface area contributed by atoms with Crippen molar-refractivity contribution in [2.24, 2.45) is 0 Å². The van der Waals surface area contributed by atoms with Crippen LogP contribution in [0.3, 0.4) is 0 Å². The molecule has 3 rings (SSSR count). The largest absolute Gasteiger partial charge is 0.482 e. The maximum Gasteiger partial charge on any atom is 0.349 e. The van der Waals surface area contributed by atoms with E-state index in [9.17, 15) is 14.4 Å². The van der Waals surface area contributed by atoms with Crippen LogP contribution in [0.1, 0.15) is 41.3 Å². The van der Waals surface area contributed by atoms with Gasteiger partial charge in [0.15, 0.2) is 6.61 Å². The number of esters is 1. The Bertz CT molecular complexity index is 1190. The molecular weight excluding hydrogens is 434 g/mol. The molecule has 0 saturated carbocycles. The number of carbonyl (C=O) groups excluding carboxylic acids is 2. The van der Waals surface area contributed by atoms with Gasteiger partial charge in [-0.2, -0.15) is 0 Å². The van der Waals surface area contributed by atoms with Crippen LogP contribution < -0.4 is 20.4 Å².